The molecule has 2 aromatic rings. The molecule has 144 valence electrons. The van der Waals surface area contributed by atoms with Crippen LogP contribution < -0.4 is 19.9 Å². The van der Waals surface area contributed by atoms with E-state index in [1.165, 1.54) is 7.11 Å². The van der Waals surface area contributed by atoms with Gasteiger partial charge in [0.15, 0.2) is 5.41 Å². The van der Waals surface area contributed by atoms with Gasteiger partial charge in [-0.3, -0.25) is 14.9 Å². The number of ether oxygens (including phenoxy) is 1. The minimum atomic E-state index is -1.37. The molecule has 0 saturated carbocycles. The number of nitrogens with zero attached hydrogens (tertiary/aromatic N) is 2. The van der Waals surface area contributed by atoms with Crippen molar-refractivity contribution in [2.75, 3.05) is 30.5 Å². The lowest BCUT2D eigenvalue weighted by atomic mass is 9.74. The number of fused-ring (bicyclic) bond motifs is 1. The van der Waals surface area contributed by atoms with E-state index in [0.29, 0.717) is 11.4 Å². The fourth-order valence-corrected chi connectivity index (χ4v) is 4.05. The van der Waals surface area contributed by atoms with Crippen LogP contribution in [0.1, 0.15) is 11.1 Å². The zero-order valence-electron chi connectivity index (χ0n) is 16.0. The first-order valence-electron chi connectivity index (χ1n) is 9.00. The Hall–Kier alpha value is -3.35. The van der Waals surface area contributed by atoms with Crippen molar-refractivity contribution < 1.29 is 19.1 Å². The first-order valence-corrected chi connectivity index (χ1v) is 9.00. The molecule has 1 fully saturated rings. The van der Waals surface area contributed by atoms with Gasteiger partial charge in [0, 0.05) is 25.3 Å². The molecular formula is C21H21N3O4. The monoisotopic (exact) mass is 379 g/mol. The number of urea groups is 1. The Balaban J connectivity index is 1.80. The smallest absolute Gasteiger partial charge is 0.335 e. The molecule has 0 aliphatic carbocycles. The van der Waals surface area contributed by atoms with Crippen LogP contribution in [0.2, 0.25) is 0 Å². The van der Waals surface area contributed by atoms with Gasteiger partial charge in [-0.05, 0) is 37.1 Å². The van der Waals surface area contributed by atoms with Crippen LogP contribution in [0.3, 0.4) is 0 Å². The van der Waals surface area contributed by atoms with E-state index in [9.17, 15) is 14.4 Å². The van der Waals surface area contributed by atoms with Gasteiger partial charge in [0.1, 0.15) is 5.75 Å². The second kappa shape index (κ2) is 6.37. The van der Waals surface area contributed by atoms with E-state index in [0.717, 1.165) is 21.7 Å². The molecule has 7 heteroatoms. The van der Waals surface area contributed by atoms with Gasteiger partial charge in [0.05, 0.1) is 12.8 Å². The van der Waals surface area contributed by atoms with Crippen LogP contribution in [-0.2, 0) is 16.0 Å². The number of nitrogens with one attached hydrogen (secondary N) is 1. The molecule has 0 radical (unpaired) electrons. The largest absolute Gasteiger partial charge is 0.497 e. The maximum atomic E-state index is 13.5. The number of hydrogen-bond acceptors (Lipinski definition) is 5. The van der Waals surface area contributed by atoms with Crippen molar-refractivity contribution in [2.24, 2.45) is 5.41 Å². The number of amides is 4. The van der Waals surface area contributed by atoms with E-state index in [1.54, 1.807) is 24.3 Å². The molecule has 0 bridgehead atoms. The van der Waals surface area contributed by atoms with Crippen molar-refractivity contribution in [3.63, 3.8) is 0 Å². The van der Waals surface area contributed by atoms with Gasteiger partial charge in [-0.15, -0.1) is 0 Å². The fraction of sp³-hybridized carbons (Fsp3) is 0.286. The molecule has 7 nitrogen and oxygen atoms in total. The first kappa shape index (κ1) is 18.0. The number of carbonyl (C=O) groups excluding carboxylic acids is 3. The van der Waals surface area contributed by atoms with Crippen molar-refractivity contribution in [1.82, 2.24) is 5.32 Å². The molecule has 1 N–H and O–H groups in total. The Bertz CT molecular complexity index is 1000. The van der Waals surface area contributed by atoms with E-state index in [-0.39, 0.29) is 13.0 Å². The summed E-state index contributed by atoms with van der Waals surface area (Å²) in [6.45, 7) is 2.16. The molecular weight excluding hydrogens is 358 g/mol. The fourth-order valence-electron chi connectivity index (χ4n) is 4.05. The Morgan fingerprint density at radius 2 is 1.89 bits per heavy atom. The van der Waals surface area contributed by atoms with Gasteiger partial charge in [-0.2, -0.15) is 0 Å². The van der Waals surface area contributed by atoms with Crippen LogP contribution in [0.25, 0.3) is 0 Å². The van der Waals surface area contributed by atoms with Crippen LogP contribution >= 0.6 is 0 Å². The van der Waals surface area contributed by atoms with Crippen molar-refractivity contribution in [1.29, 1.82) is 0 Å². The third-order valence-corrected chi connectivity index (χ3v) is 5.43. The zero-order valence-corrected chi connectivity index (χ0v) is 16.0. The Labute approximate surface area is 162 Å². The molecule has 1 saturated heterocycles. The number of aryl methyl sites for hydroxylation is 1. The minimum Gasteiger partial charge on any atom is -0.497 e. The average Bonchev–Trinajstić information content (AvgIpc) is 2.66. The summed E-state index contributed by atoms with van der Waals surface area (Å²) >= 11 is 0. The van der Waals surface area contributed by atoms with E-state index in [2.05, 4.69) is 5.32 Å². The number of benzene rings is 2. The van der Waals surface area contributed by atoms with E-state index in [1.807, 2.05) is 37.1 Å². The zero-order chi connectivity index (χ0) is 20.1. The number of imide groups is 2. The molecule has 2 aliphatic heterocycles. The maximum absolute atomic E-state index is 13.5. The molecule has 2 aliphatic rings. The molecule has 1 spiro atoms. The highest BCUT2D eigenvalue weighted by Crippen LogP contribution is 2.40. The summed E-state index contributed by atoms with van der Waals surface area (Å²) in [6, 6.07) is 11.9. The highest BCUT2D eigenvalue weighted by atomic mass is 16.5. The maximum Gasteiger partial charge on any atom is 0.335 e. The van der Waals surface area contributed by atoms with Crippen molar-refractivity contribution in [3.05, 3.63) is 53.6 Å². The van der Waals surface area contributed by atoms with Gasteiger partial charge in [0.25, 0.3) is 5.91 Å². The second-order valence-electron chi connectivity index (χ2n) is 7.35. The molecule has 0 unspecified atom stereocenters. The summed E-state index contributed by atoms with van der Waals surface area (Å²) in [7, 11) is 3.36. The normalized spacial score (nSPS) is 21.6. The number of anilines is 2. The summed E-state index contributed by atoms with van der Waals surface area (Å²) in [4.78, 5) is 41.9. The topological polar surface area (TPSA) is 79.0 Å². The van der Waals surface area contributed by atoms with E-state index < -0.39 is 23.3 Å². The highest BCUT2D eigenvalue weighted by Gasteiger charge is 2.56. The lowest BCUT2D eigenvalue weighted by Gasteiger charge is -2.45. The summed E-state index contributed by atoms with van der Waals surface area (Å²) in [5.74, 6) is -0.556. The summed E-state index contributed by atoms with van der Waals surface area (Å²) in [5.41, 5.74) is 1.95. The Morgan fingerprint density at radius 3 is 2.64 bits per heavy atom. The molecule has 4 amide bonds. The van der Waals surface area contributed by atoms with Gasteiger partial charge in [-0.1, -0.05) is 23.8 Å². The number of barbiturate groups is 1. The minimum absolute atomic E-state index is 0.196. The summed E-state index contributed by atoms with van der Waals surface area (Å²) in [5, 5.41) is 2.38. The van der Waals surface area contributed by atoms with E-state index >= 15 is 0 Å². The lowest BCUT2D eigenvalue weighted by molar-refractivity contribution is -0.142. The highest BCUT2D eigenvalue weighted by molar-refractivity contribution is 6.30. The molecule has 2 heterocycles. The van der Waals surface area contributed by atoms with Crippen LogP contribution in [0.5, 0.6) is 5.75 Å². The third-order valence-electron chi connectivity index (χ3n) is 5.43. The van der Waals surface area contributed by atoms with Crippen LogP contribution in [-0.4, -0.2) is 38.5 Å². The van der Waals surface area contributed by atoms with Gasteiger partial charge >= 0.3 is 6.03 Å². The molecule has 28 heavy (non-hydrogen) atoms. The standard InChI is InChI=1S/C21H21N3O4/c1-13-7-8-17-14(9-13)11-21(12-23(17)2)18(25)22-20(27)24(19(21)26)15-5-4-6-16(10-15)28-3/h4-10H,11-12H2,1-3H3,(H,22,25,27)/t21-/m1/s1. The second-order valence-corrected chi connectivity index (χ2v) is 7.35. The van der Waals surface area contributed by atoms with E-state index in [4.69, 9.17) is 4.74 Å². The average molecular weight is 379 g/mol. The predicted molar refractivity (Wildman–Crippen MR) is 105 cm³/mol. The first-order chi connectivity index (χ1) is 13.4. The van der Waals surface area contributed by atoms with Gasteiger partial charge < -0.3 is 9.64 Å². The quantitative estimate of drug-likeness (QED) is 0.810. The molecule has 0 aromatic heterocycles. The summed E-state index contributed by atoms with van der Waals surface area (Å²) in [6.07, 6.45) is 0.243. The Morgan fingerprint density at radius 1 is 1.11 bits per heavy atom. The molecule has 4 rings (SSSR count). The number of carbonyl (C=O) groups is 3. The number of methoxy groups -OCH3 is 1. The van der Waals surface area contributed by atoms with Crippen molar-refractivity contribution in [3.8, 4) is 5.75 Å². The van der Waals surface area contributed by atoms with Gasteiger partial charge in [0.2, 0.25) is 5.91 Å². The third kappa shape index (κ3) is 2.62. The van der Waals surface area contributed by atoms with Crippen LogP contribution in [0, 0.1) is 12.3 Å². The van der Waals surface area contributed by atoms with Crippen LogP contribution in [0.4, 0.5) is 16.2 Å². The van der Waals surface area contributed by atoms with Crippen LogP contribution in [0.15, 0.2) is 42.5 Å². The molecule has 1 atom stereocenters. The number of hydrogen-bond donors (Lipinski definition) is 1. The Kier molecular flexibility index (Phi) is 4.10. The lowest BCUT2D eigenvalue weighted by Crippen LogP contribution is -2.68. The van der Waals surface area contributed by atoms with Gasteiger partial charge in [-0.25, -0.2) is 9.69 Å². The predicted octanol–water partition coefficient (Wildman–Crippen LogP) is 2.27. The number of rotatable bonds is 2. The van der Waals surface area contributed by atoms with Crippen molar-refractivity contribution >= 4 is 29.2 Å². The molecule has 2 aromatic carbocycles. The van der Waals surface area contributed by atoms with Crippen molar-refractivity contribution in [2.45, 2.75) is 13.3 Å². The SMILES string of the molecule is COc1cccc(N2C(=O)NC(=O)[C@]3(Cc4cc(C)ccc4N(C)C3)C2=O)c1. The summed E-state index contributed by atoms with van der Waals surface area (Å²) < 4.78 is 5.21.